The van der Waals surface area contributed by atoms with Crippen LogP contribution in [-0.4, -0.2) is 62.7 Å². The van der Waals surface area contributed by atoms with Crippen LogP contribution in [0.2, 0.25) is 0 Å². The lowest BCUT2D eigenvalue weighted by Crippen LogP contribution is -2.50. The molecule has 1 spiro atoms. The molecule has 2 amide bonds. The van der Waals surface area contributed by atoms with Crippen LogP contribution < -0.4 is 10.2 Å². The van der Waals surface area contributed by atoms with Crippen LogP contribution in [0.15, 0.2) is 18.2 Å². The third kappa shape index (κ3) is 3.36. The van der Waals surface area contributed by atoms with Crippen molar-refractivity contribution < 1.29 is 18.7 Å². The number of likely N-dealkylation sites (tertiary alicyclic amines) is 1. The molecule has 0 bridgehead atoms. The minimum Gasteiger partial charge on any atom is -0.381 e. The Morgan fingerprint density at radius 3 is 2.75 bits per heavy atom. The molecule has 1 N–H and O–H groups in total. The highest BCUT2D eigenvalue weighted by atomic mass is 19.1. The molecule has 1 atom stereocenters. The van der Waals surface area contributed by atoms with Crippen molar-refractivity contribution in [2.75, 3.05) is 44.8 Å². The molecule has 3 aliphatic heterocycles. The van der Waals surface area contributed by atoms with E-state index in [1.165, 1.54) is 13.1 Å². The molecule has 1 aromatic rings. The first-order valence-electron chi connectivity index (χ1n) is 10.2. The maximum atomic E-state index is 14.7. The molecule has 0 saturated carbocycles. The summed E-state index contributed by atoms with van der Waals surface area (Å²) >= 11 is 0. The van der Waals surface area contributed by atoms with Gasteiger partial charge in [-0.1, -0.05) is 0 Å². The number of benzene rings is 1. The number of piperidine rings is 1. The SMILES string of the molecule is CNC(=O)c1ccc(N2CCC[C@]3(CCN(C4CCOCC4)C3=O)C2)c(F)c1. The van der Waals surface area contributed by atoms with Crippen LogP contribution >= 0.6 is 0 Å². The highest BCUT2D eigenvalue weighted by molar-refractivity contribution is 5.94. The number of nitrogens with zero attached hydrogens (tertiary/aromatic N) is 2. The standard InChI is InChI=1S/C21H28FN3O3/c1-23-19(26)15-3-4-18(17(22)13-15)24-9-2-7-21(14-24)8-10-25(20(21)27)16-5-11-28-12-6-16/h3-4,13,16H,2,5-12,14H2,1H3,(H,23,26)/t21-/m0/s1. The van der Waals surface area contributed by atoms with Crippen molar-refractivity contribution in [1.82, 2.24) is 10.2 Å². The zero-order valence-electron chi connectivity index (χ0n) is 16.4. The summed E-state index contributed by atoms with van der Waals surface area (Å²) < 4.78 is 20.2. The number of nitrogens with one attached hydrogen (secondary N) is 1. The predicted molar refractivity (Wildman–Crippen MR) is 104 cm³/mol. The van der Waals surface area contributed by atoms with Crippen molar-refractivity contribution in [3.8, 4) is 0 Å². The second-order valence-electron chi connectivity index (χ2n) is 8.14. The average molecular weight is 389 g/mol. The monoisotopic (exact) mass is 389 g/mol. The molecule has 1 aromatic carbocycles. The summed E-state index contributed by atoms with van der Waals surface area (Å²) in [4.78, 5) is 29.1. The summed E-state index contributed by atoms with van der Waals surface area (Å²) in [5.74, 6) is -0.491. The lowest BCUT2D eigenvalue weighted by atomic mass is 9.78. The fraction of sp³-hybridized carbons (Fsp3) is 0.619. The third-order valence-electron chi connectivity index (χ3n) is 6.53. The normalized spacial score (nSPS) is 26.1. The Kier molecular flexibility index (Phi) is 5.27. The topological polar surface area (TPSA) is 61.9 Å². The summed E-state index contributed by atoms with van der Waals surface area (Å²) in [7, 11) is 1.53. The first kappa shape index (κ1) is 19.2. The fourth-order valence-corrected chi connectivity index (χ4v) is 4.96. The molecular formula is C21H28FN3O3. The van der Waals surface area contributed by atoms with E-state index < -0.39 is 11.2 Å². The average Bonchev–Trinajstić information content (AvgIpc) is 3.03. The minimum absolute atomic E-state index is 0.228. The Bertz CT molecular complexity index is 765. The quantitative estimate of drug-likeness (QED) is 0.861. The minimum atomic E-state index is -0.414. The molecule has 0 aromatic heterocycles. The lowest BCUT2D eigenvalue weighted by molar-refractivity contribution is -0.139. The molecule has 0 unspecified atom stereocenters. The van der Waals surface area contributed by atoms with Gasteiger partial charge in [0.1, 0.15) is 5.82 Å². The third-order valence-corrected chi connectivity index (χ3v) is 6.53. The number of hydrogen-bond acceptors (Lipinski definition) is 4. The van der Waals surface area contributed by atoms with Crippen LogP contribution in [0.5, 0.6) is 0 Å². The summed E-state index contributed by atoms with van der Waals surface area (Å²) in [6, 6.07) is 4.86. The summed E-state index contributed by atoms with van der Waals surface area (Å²) in [6.45, 7) is 3.49. The van der Waals surface area contributed by atoms with Crippen molar-refractivity contribution in [1.29, 1.82) is 0 Å². The van der Waals surface area contributed by atoms with Gasteiger partial charge in [-0.2, -0.15) is 0 Å². The number of carbonyl (C=O) groups is 2. The maximum Gasteiger partial charge on any atom is 0.251 e. The number of ether oxygens (including phenoxy) is 1. The molecule has 3 aliphatic rings. The highest BCUT2D eigenvalue weighted by Crippen LogP contribution is 2.43. The van der Waals surface area contributed by atoms with E-state index in [2.05, 4.69) is 10.2 Å². The summed E-state index contributed by atoms with van der Waals surface area (Å²) in [5.41, 5.74) is 0.366. The van der Waals surface area contributed by atoms with Gasteiger partial charge in [0.2, 0.25) is 5.91 Å². The Labute approximate surface area is 165 Å². The van der Waals surface area contributed by atoms with Crippen molar-refractivity contribution in [2.24, 2.45) is 5.41 Å². The molecule has 0 radical (unpaired) electrons. The number of hydrogen-bond donors (Lipinski definition) is 1. The van der Waals surface area contributed by atoms with Gasteiger partial charge < -0.3 is 19.9 Å². The second kappa shape index (κ2) is 7.70. The maximum absolute atomic E-state index is 14.7. The van der Waals surface area contributed by atoms with Gasteiger partial charge in [0.05, 0.1) is 11.1 Å². The molecule has 3 saturated heterocycles. The van der Waals surface area contributed by atoms with Gasteiger partial charge in [-0.25, -0.2) is 4.39 Å². The summed E-state index contributed by atoms with van der Waals surface area (Å²) in [6.07, 6.45) is 4.36. The van der Waals surface area contributed by atoms with Crippen LogP contribution in [0.25, 0.3) is 0 Å². The molecule has 3 fully saturated rings. The fourth-order valence-electron chi connectivity index (χ4n) is 4.96. The Hall–Kier alpha value is -2.15. The van der Waals surface area contributed by atoms with Gasteiger partial charge in [-0.3, -0.25) is 9.59 Å². The molecule has 0 aliphatic carbocycles. The van der Waals surface area contributed by atoms with Gasteiger partial charge >= 0.3 is 0 Å². The van der Waals surface area contributed by atoms with E-state index in [1.807, 2.05) is 4.90 Å². The zero-order chi connectivity index (χ0) is 19.7. The number of carbonyl (C=O) groups excluding carboxylic acids is 2. The largest absolute Gasteiger partial charge is 0.381 e. The van der Waals surface area contributed by atoms with E-state index in [9.17, 15) is 14.0 Å². The number of halogens is 1. The lowest BCUT2D eigenvalue weighted by Gasteiger charge is -2.41. The molecule has 3 heterocycles. The first-order valence-corrected chi connectivity index (χ1v) is 10.2. The molecular weight excluding hydrogens is 361 g/mol. The van der Waals surface area contributed by atoms with Crippen LogP contribution in [0.1, 0.15) is 42.5 Å². The van der Waals surface area contributed by atoms with E-state index in [1.54, 1.807) is 12.1 Å². The van der Waals surface area contributed by atoms with Crippen molar-refractivity contribution >= 4 is 17.5 Å². The van der Waals surface area contributed by atoms with Crippen molar-refractivity contribution in [2.45, 2.75) is 38.1 Å². The molecule has 152 valence electrons. The van der Waals surface area contributed by atoms with E-state index in [4.69, 9.17) is 4.74 Å². The van der Waals surface area contributed by atoms with E-state index in [0.29, 0.717) is 17.8 Å². The number of amides is 2. The van der Waals surface area contributed by atoms with E-state index in [-0.39, 0.29) is 17.9 Å². The van der Waals surface area contributed by atoms with Gasteiger partial charge in [-0.05, 0) is 50.3 Å². The smallest absolute Gasteiger partial charge is 0.251 e. The predicted octanol–water partition coefficient (Wildman–Crippen LogP) is 2.18. The Morgan fingerprint density at radius 2 is 2.04 bits per heavy atom. The van der Waals surface area contributed by atoms with Crippen molar-refractivity contribution in [3.05, 3.63) is 29.6 Å². The van der Waals surface area contributed by atoms with Crippen LogP contribution in [-0.2, 0) is 9.53 Å². The van der Waals surface area contributed by atoms with Crippen molar-refractivity contribution in [3.63, 3.8) is 0 Å². The zero-order valence-corrected chi connectivity index (χ0v) is 16.4. The van der Waals surface area contributed by atoms with E-state index in [0.717, 1.165) is 58.4 Å². The second-order valence-corrected chi connectivity index (χ2v) is 8.14. The van der Waals surface area contributed by atoms with Crippen LogP contribution in [0.4, 0.5) is 10.1 Å². The molecule has 7 heteroatoms. The number of rotatable bonds is 3. The van der Waals surface area contributed by atoms with Gasteiger partial charge in [0, 0.05) is 51.5 Å². The first-order chi connectivity index (χ1) is 13.5. The Morgan fingerprint density at radius 1 is 1.25 bits per heavy atom. The van der Waals surface area contributed by atoms with Crippen LogP contribution in [0, 0.1) is 11.2 Å². The highest BCUT2D eigenvalue weighted by Gasteiger charge is 2.50. The van der Waals surface area contributed by atoms with E-state index >= 15 is 0 Å². The van der Waals surface area contributed by atoms with Crippen LogP contribution in [0.3, 0.4) is 0 Å². The Balaban J connectivity index is 1.51. The molecule has 4 rings (SSSR count). The summed E-state index contributed by atoms with van der Waals surface area (Å²) in [5, 5.41) is 2.51. The molecule has 28 heavy (non-hydrogen) atoms. The van der Waals surface area contributed by atoms with Gasteiger partial charge in [-0.15, -0.1) is 0 Å². The molecule has 6 nitrogen and oxygen atoms in total. The van der Waals surface area contributed by atoms with Gasteiger partial charge in [0.15, 0.2) is 0 Å². The van der Waals surface area contributed by atoms with Gasteiger partial charge in [0.25, 0.3) is 5.91 Å². The number of anilines is 1.